The number of carbonyl (C=O) groups is 1. The number of rotatable bonds is 2. The van der Waals surface area contributed by atoms with Crippen molar-refractivity contribution in [1.29, 1.82) is 0 Å². The summed E-state index contributed by atoms with van der Waals surface area (Å²) in [5, 5.41) is 0. The van der Waals surface area contributed by atoms with E-state index in [1.807, 2.05) is 0 Å². The van der Waals surface area contributed by atoms with Gasteiger partial charge in [0.05, 0.1) is 18.8 Å². The molecule has 20 heavy (non-hydrogen) atoms. The molecule has 3 nitrogen and oxygen atoms in total. The second-order valence-corrected chi connectivity index (χ2v) is 5.67. The van der Waals surface area contributed by atoms with E-state index in [1.54, 1.807) is 6.07 Å². The highest BCUT2D eigenvalue weighted by molar-refractivity contribution is 5.99. The Bertz CT molecular complexity index is 515. The first kappa shape index (κ1) is 13.6. The molecule has 0 bridgehead atoms. The Morgan fingerprint density at radius 1 is 1.35 bits per heavy atom. The van der Waals surface area contributed by atoms with Gasteiger partial charge in [0.25, 0.3) is 0 Å². The van der Waals surface area contributed by atoms with E-state index in [1.165, 1.54) is 31.9 Å². The Labute approximate surface area is 118 Å². The number of halogens is 1. The van der Waals surface area contributed by atoms with Crippen molar-refractivity contribution in [3.63, 3.8) is 0 Å². The molecule has 2 unspecified atom stereocenters. The van der Waals surface area contributed by atoms with Crippen molar-refractivity contribution < 1.29 is 13.9 Å². The minimum absolute atomic E-state index is 0.0849. The highest BCUT2D eigenvalue weighted by Gasteiger charge is 2.35. The summed E-state index contributed by atoms with van der Waals surface area (Å²) >= 11 is 0. The van der Waals surface area contributed by atoms with Crippen LogP contribution in [0.3, 0.4) is 0 Å². The van der Waals surface area contributed by atoms with Gasteiger partial charge in [-0.2, -0.15) is 0 Å². The minimum atomic E-state index is -0.354. The van der Waals surface area contributed by atoms with Crippen LogP contribution in [0, 0.1) is 5.82 Å². The van der Waals surface area contributed by atoms with Crippen LogP contribution >= 0.6 is 0 Å². The zero-order valence-corrected chi connectivity index (χ0v) is 11.8. The molecule has 1 heterocycles. The van der Waals surface area contributed by atoms with Gasteiger partial charge in [-0.15, -0.1) is 0 Å². The molecular formula is C16H20FNO2. The summed E-state index contributed by atoms with van der Waals surface area (Å²) in [5.41, 5.74) is 1.34. The van der Waals surface area contributed by atoms with Crippen LogP contribution in [-0.2, 0) is 4.74 Å². The van der Waals surface area contributed by atoms with Gasteiger partial charge in [0.2, 0.25) is 0 Å². The lowest BCUT2D eigenvalue weighted by Gasteiger charge is -2.45. The maximum absolute atomic E-state index is 13.4. The van der Waals surface area contributed by atoms with Crippen molar-refractivity contribution in [2.24, 2.45) is 0 Å². The van der Waals surface area contributed by atoms with Gasteiger partial charge in [-0.1, -0.05) is 12.8 Å². The predicted octanol–water partition coefficient (Wildman–Crippen LogP) is 3.18. The van der Waals surface area contributed by atoms with Crippen molar-refractivity contribution in [2.45, 2.75) is 44.8 Å². The van der Waals surface area contributed by atoms with E-state index in [2.05, 4.69) is 4.90 Å². The molecule has 1 aromatic carbocycles. The number of fused-ring (bicyclic) bond motifs is 1. The number of benzene rings is 1. The lowest BCUT2D eigenvalue weighted by Crippen LogP contribution is -2.53. The lowest BCUT2D eigenvalue weighted by molar-refractivity contribution is -0.00873. The number of nitrogens with zero attached hydrogens (tertiary/aromatic N) is 1. The van der Waals surface area contributed by atoms with Gasteiger partial charge in [-0.25, -0.2) is 4.39 Å². The molecule has 0 radical (unpaired) electrons. The first-order chi connectivity index (χ1) is 9.66. The normalized spacial score (nSPS) is 26.2. The van der Waals surface area contributed by atoms with Crippen molar-refractivity contribution in [2.75, 3.05) is 18.1 Å². The number of hydrogen-bond acceptors (Lipinski definition) is 3. The summed E-state index contributed by atoms with van der Waals surface area (Å²) in [5.74, 6) is -0.439. The predicted molar refractivity (Wildman–Crippen MR) is 75.7 cm³/mol. The molecule has 3 rings (SSSR count). The van der Waals surface area contributed by atoms with Gasteiger partial charge in [0.15, 0.2) is 5.78 Å². The number of ether oxygens (including phenoxy) is 1. The molecular weight excluding hydrogens is 257 g/mol. The monoisotopic (exact) mass is 277 g/mol. The molecule has 1 aliphatic carbocycles. The summed E-state index contributed by atoms with van der Waals surface area (Å²) in [6.07, 6.45) is 4.81. The fourth-order valence-corrected chi connectivity index (χ4v) is 3.44. The van der Waals surface area contributed by atoms with E-state index in [9.17, 15) is 9.18 Å². The summed E-state index contributed by atoms with van der Waals surface area (Å²) in [6, 6.07) is 4.85. The number of Topliss-reactive ketones (excluding diaryl/α,β-unsaturated/α-hetero) is 1. The van der Waals surface area contributed by atoms with E-state index in [0.29, 0.717) is 18.2 Å². The first-order valence-corrected chi connectivity index (χ1v) is 7.35. The van der Waals surface area contributed by atoms with Crippen LogP contribution in [0.1, 0.15) is 43.0 Å². The standard InChI is InChI=1S/C16H20FNO2/c1-11(19)13-10-12(17)6-7-14(13)18-8-9-20-16-5-3-2-4-15(16)18/h6-7,10,15-16H,2-5,8-9H2,1H3. The molecule has 1 aromatic rings. The Hall–Kier alpha value is -1.42. The molecule has 0 amide bonds. The molecule has 0 aromatic heterocycles. The molecule has 2 fully saturated rings. The van der Waals surface area contributed by atoms with Crippen molar-refractivity contribution >= 4 is 11.5 Å². The van der Waals surface area contributed by atoms with Crippen LogP contribution in [0.15, 0.2) is 18.2 Å². The van der Waals surface area contributed by atoms with E-state index >= 15 is 0 Å². The van der Waals surface area contributed by atoms with Gasteiger partial charge in [-0.05, 0) is 38.0 Å². The molecule has 0 N–H and O–H groups in total. The van der Waals surface area contributed by atoms with Crippen molar-refractivity contribution in [3.8, 4) is 0 Å². The SMILES string of the molecule is CC(=O)c1cc(F)ccc1N1CCOC2CCCCC21. The van der Waals surface area contributed by atoms with Crippen LogP contribution in [0.5, 0.6) is 0 Å². The maximum atomic E-state index is 13.4. The van der Waals surface area contributed by atoms with Crippen LogP contribution in [0.25, 0.3) is 0 Å². The smallest absolute Gasteiger partial charge is 0.161 e. The number of anilines is 1. The molecule has 1 saturated carbocycles. The molecule has 2 aliphatic rings. The molecule has 1 saturated heterocycles. The Balaban J connectivity index is 1.96. The molecule has 2 atom stereocenters. The van der Waals surface area contributed by atoms with Crippen molar-refractivity contribution in [3.05, 3.63) is 29.6 Å². The average Bonchev–Trinajstić information content (AvgIpc) is 2.46. The van der Waals surface area contributed by atoms with E-state index in [4.69, 9.17) is 4.74 Å². The van der Waals surface area contributed by atoms with E-state index < -0.39 is 0 Å². The average molecular weight is 277 g/mol. The second-order valence-electron chi connectivity index (χ2n) is 5.67. The van der Waals surface area contributed by atoms with Crippen LogP contribution in [0.2, 0.25) is 0 Å². The number of hydrogen-bond donors (Lipinski definition) is 0. The number of carbonyl (C=O) groups excluding carboxylic acids is 1. The molecule has 0 spiro atoms. The maximum Gasteiger partial charge on any atom is 0.161 e. The molecule has 4 heteroatoms. The second kappa shape index (κ2) is 5.52. The highest BCUT2D eigenvalue weighted by Crippen LogP contribution is 2.34. The highest BCUT2D eigenvalue weighted by atomic mass is 19.1. The zero-order valence-electron chi connectivity index (χ0n) is 11.8. The Morgan fingerprint density at radius 3 is 2.95 bits per heavy atom. The van der Waals surface area contributed by atoms with Gasteiger partial charge < -0.3 is 9.64 Å². The third-order valence-electron chi connectivity index (χ3n) is 4.38. The van der Waals surface area contributed by atoms with Gasteiger partial charge in [0.1, 0.15) is 5.82 Å². The Morgan fingerprint density at radius 2 is 2.15 bits per heavy atom. The van der Waals surface area contributed by atoms with Gasteiger partial charge in [-0.3, -0.25) is 4.79 Å². The van der Waals surface area contributed by atoms with Crippen LogP contribution in [-0.4, -0.2) is 31.1 Å². The minimum Gasteiger partial charge on any atom is -0.374 e. The first-order valence-electron chi connectivity index (χ1n) is 7.35. The van der Waals surface area contributed by atoms with Crippen molar-refractivity contribution in [1.82, 2.24) is 0 Å². The van der Waals surface area contributed by atoms with Crippen LogP contribution in [0.4, 0.5) is 10.1 Å². The third-order valence-corrected chi connectivity index (χ3v) is 4.38. The number of morpholine rings is 1. The fraction of sp³-hybridized carbons (Fsp3) is 0.562. The summed E-state index contributed by atoms with van der Waals surface area (Å²) in [6.45, 7) is 2.94. The number of ketones is 1. The zero-order chi connectivity index (χ0) is 14.1. The van der Waals surface area contributed by atoms with E-state index in [0.717, 1.165) is 25.1 Å². The topological polar surface area (TPSA) is 29.5 Å². The van der Waals surface area contributed by atoms with Gasteiger partial charge >= 0.3 is 0 Å². The van der Waals surface area contributed by atoms with E-state index in [-0.39, 0.29) is 17.7 Å². The quantitative estimate of drug-likeness (QED) is 0.778. The fourth-order valence-electron chi connectivity index (χ4n) is 3.44. The molecule has 108 valence electrons. The van der Waals surface area contributed by atoms with Gasteiger partial charge in [0, 0.05) is 17.8 Å². The summed E-state index contributed by atoms with van der Waals surface area (Å²) < 4.78 is 19.3. The lowest BCUT2D eigenvalue weighted by atomic mass is 9.89. The Kier molecular flexibility index (Phi) is 3.74. The largest absolute Gasteiger partial charge is 0.374 e. The summed E-state index contributed by atoms with van der Waals surface area (Å²) in [7, 11) is 0. The van der Waals surface area contributed by atoms with Crippen LogP contribution < -0.4 is 4.90 Å². The summed E-state index contributed by atoms with van der Waals surface area (Å²) in [4.78, 5) is 14.1. The molecule has 1 aliphatic heterocycles. The third kappa shape index (κ3) is 2.44.